The van der Waals surface area contributed by atoms with Crippen LogP contribution >= 0.6 is 7.60 Å². The molecule has 0 aromatic rings. The minimum Gasteiger partial charge on any atom is -0.481 e. The van der Waals surface area contributed by atoms with Crippen LogP contribution in [0.1, 0.15) is 26.2 Å². The number of hydrogen-bond donors (Lipinski definition) is 4. The van der Waals surface area contributed by atoms with Crippen molar-refractivity contribution < 1.29 is 34.2 Å². The monoisotopic (exact) mass is 254 g/mol. The van der Waals surface area contributed by atoms with Crippen molar-refractivity contribution in [1.82, 2.24) is 0 Å². The Hall–Kier alpha value is -0.910. The minimum atomic E-state index is -4.52. The summed E-state index contributed by atoms with van der Waals surface area (Å²) in [6, 6.07) is 0. The van der Waals surface area contributed by atoms with Gasteiger partial charge in [-0.05, 0) is 12.8 Å². The molecule has 0 amide bonds. The van der Waals surface area contributed by atoms with Gasteiger partial charge in [-0.2, -0.15) is 0 Å². The van der Waals surface area contributed by atoms with Crippen LogP contribution in [0, 0.1) is 5.92 Å². The molecule has 0 rings (SSSR count). The molecule has 0 spiro atoms. The third kappa shape index (κ3) is 4.74. The van der Waals surface area contributed by atoms with Crippen molar-refractivity contribution in [3.8, 4) is 0 Å². The lowest BCUT2D eigenvalue weighted by atomic mass is 9.97. The van der Waals surface area contributed by atoms with E-state index in [0.717, 1.165) is 0 Å². The summed E-state index contributed by atoms with van der Waals surface area (Å²) < 4.78 is 11.0. The number of carboxylic acid groups (broad SMARTS) is 2. The Morgan fingerprint density at radius 1 is 1.25 bits per heavy atom. The van der Waals surface area contributed by atoms with E-state index in [1.807, 2.05) is 0 Å². The van der Waals surface area contributed by atoms with Crippen LogP contribution in [0.2, 0.25) is 0 Å². The fourth-order valence-electron chi connectivity index (χ4n) is 1.52. The maximum absolute atomic E-state index is 11.0. The Balaban J connectivity index is 4.81. The molecule has 0 aromatic heterocycles. The molecule has 0 saturated carbocycles. The average molecular weight is 254 g/mol. The molecule has 0 aliphatic heterocycles. The van der Waals surface area contributed by atoms with Crippen molar-refractivity contribution in [1.29, 1.82) is 0 Å². The van der Waals surface area contributed by atoms with E-state index < -0.39 is 37.5 Å². The summed E-state index contributed by atoms with van der Waals surface area (Å²) in [5, 5.41) is 17.2. The number of carboxylic acids is 2. The van der Waals surface area contributed by atoms with Gasteiger partial charge in [0.15, 0.2) is 0 Å². The van der Waals surface area contributed by atoms with E-state index >= 15 is 0 Å². The van der Waals surface area contributed by atoms with Crippen molar-refractivity contribution in [3.63, 3.8) is 0 Å². The van der Waals surface area contributed by atoms with Crippen molar-refractivity contribution in [2.45, 2.75) is 31.8 Å². The topological polar surface area (TPSA) is 132 Å². The van der Waals surface area contributed by atoms with Gasteiger partial charge >= 0.3 is 19.5 Å². The Bertz CT molecular complexity index is 308. The van der Waals surface area contributed by atoms with Crippen LogP contribution in [0.4, 0.5) is 0 Å². The van der Waals surface area contributed by atoms with Crippen molar-refractivity contribution >= 4 is 19.5 Å². The maximum Gasteiger partial charge on any atom is 0.329 e. The zero-order chi connectivity index (χ0) is 12.9. The molecule has 7 nitrogen and oxygen atoms in total. The van der Waals surface area contributed by atoms with Crippen LogP contribution in [-0.4, -0.2) is 37.6 Å². The molecule has 2 atom stereocenters. The first-order valence-electron chi connectivity index (χ1n) is 4.70. The molecule has 0 saturated heterocycles. The zero-order valence-electron chi connectivity index (χ0n) is 8.74. The van der Waals surface area contributed by atoms with Crippen LogP contribution in [0.3, 0.4) is 0 Å². The Morgan fingerprint density at radius 3 is 2.00 bits per heavy atom. The molecule has 4 N–H and O–H groups in total. The lowest BCUT2D eigenvalue weighted by molar-refractivity contribution is -0.143. The molecule has 0 radical (unpaired) electrons. The standard InChI is InChI=1S/C8H15O7P/c1-2-6(16(13,14)15)5(8(11)12)3-4-7(9)10/h5-6H,2-4H2,1H3,(H,9,10)(H,11,12)(H2,13,14,15). The van der Waals surface area contributed by atoms with Gasteiger partial charge in [-0.15, -0.1) is 0 Å². The number of rotatable bonds is 7. The van der Waals surface area contributed by atoms with Gasteiger partial charge in [0, 0.05) is 6.42 Å². The largest absolute Gasteiger partial charge is 0.481 e. The van der Waals surface area contributed by atoms with Crippen LogP contribution in [0.15, 0.2) is 0 Å². The number of hydrogen-bond acceptors (Lipinski definition) is 3. The molecule has 16 heavy (non-hydrogen) atoms. The summed E-state index contributed by atoms with van der Waals surface area (Å²) in [5.74, 6) is -3.90. The van der Waals surface area contributed by atoms with Crippen LogP contribution < -0.4 is 0 Å². The summed E-state index contributed by atoms with van der Waals surface area (Å²) in [5.41, 5.74) is -1.33. The molecule has 2 unspecified atom stereocenters. The summed E-state index contributed by atoms with van der Waals surface area (Å²) in [4.78, 5) is 39.0. The van der Waals surface area contributed by atoms with Gasteiger partial charge in [0.25, 0.3) is 0 Å². The first kappa shape index (κ1) is 15.1. The van der Waals surface area contributed by atoms with Gasteiger partial charge in [-0.1, -0.05) is 6.92 Å². The Morgan fingerprint density at radius 2 is 1.75 bits per heavy atom. The first-order chi connectivity index (χ1) is 7.20. The molecular formula is C8H15O7P. The molecular weight excluding hydrogens is 239 g/mol. The highest BCUT2D eigenvalue weighted by atomic mass is 31.2. The van der Waals surface area contributed by atoms with E-state index in [0.29, 0.717) is 0 Å². The van der Waals surface area contributed by atoms with Gasteiger partial charge in [-0.25, -0.2) is 0 Å². The highest BCUT2D eigenvalue weighted by molar-refractivity contribution is 7.52. The molecule has 0 aliphatic carbocycles. The van der Waals surface area contributed by atoms with E-state index in [1.165, 1.54) is 6.92 Å². The molecule has 8 heteroatoms. The third-order valence-corrected chi connectivity index (χ3v) is 3.89. The van der Waals surface area contributed by atoms with E-state index in [-0.39, 0.29) is 12.8 Å². The quantitative estimate of drug-likeness (QED) is 0.486. The smallest absolute Gasteiger partial charge is 0.329 e. The van der Waals surface area contributed by atoms with Crippen molar-refractivity contribution in [2.24, 2.45) is 5.92 Å². The number of aliphatic carboxylic acids is 2. The second kappa shape index (κ2) is 5.98. The van der Waals surface area contributed by atoms with E-state index in [4.69, 9.17) is 20.0 Å². The fourth-order valence-corrected chi connectivity index (χ4v) is 2.74. The molecule has 0 bridgehead atoms. The second-order valence-electron chi connectivity index (χ2n) is 3.44. The molecule has 0 heterocycles. The SMILES string of the molecule is CCC(C(CCC(=O)O)C(=O)O)P(=O)(O)O. The molecule has 94 valence electrons. The van der Waals surface area contributed by atoms with Gasteiger partial charge in [-0.3, -0.25) is 14.2 Å². The van der Waals surface area contributed by atoms with Gasteiger partial charge in [0.05, 0.1) is 11.6 Å². The lowest BCUT2D eigenvalue weighted by Crippen LogP contribution is -2.28. The normalized spacial score (nSPS) is 15.4. The third-order valence-electron chi connectivity index (χ3n) is 2.30. The van der Waals surface area contributed by atoms with Crippen LogP contribution in [0.5, 0.6) is 0 Å². The van der Waals surface area contributed by atoms with Gasteiger partial charge < -0.3 is 20.0 Å². The molecule has 0 aromatic carbocycles. The van der Waals surface area contributed by atoms with Gasteiger partial charge in [0.2, 0.25) is 0 Å². The predicted molar refractivity (Wildman–Crippen MR) is 54.1 cm³/mol. The van der Waals surface area contributed by atoms with E-state index in [9.17, 15) is 14.2 Å². The predicted octanol–water partition coefficient (Wildman–Crippen LogP) is 0.508. The van der Waals surface area contributed by atoms with Crippen LogP contribution in [-0.2, 0) is 14.2 Å². The van der Waals surface area contributed by atoms with Crippen LogP contribution in [0.25, 0.3) is 0 Å². The average Bonchev–Trinajstić information content (AvgIpc) is 2.08. The van der Waals surface area contributed by atoms with Crippen molar-refractivity contribution in [2.75, 3.05) is 0 Å². The van der Waals surface area contributed by atoms with Crippen molar-refractivity contribution in [3.05, 3.63) is 0 Å². The Kier molecular flexibility index (Phi) is 5.64. The Labute approximate surface area is 92.3 Å². The number of carbonyl (C=O) groups is 2. The summed E-state index contributed by atoms with van der Waals surface area (Å²) >= 11 is 0. The van der Waals surface area contributed by atoms with E-state index in [1.54, 1.807) is 0 Å². The second-order valence-corrected chi connectivity index (χ2v) is 5.28. The highest BCUT2D eigenvalue weighted by Crippen LogP contribution is 2.47. The molecule has 0 aliphatic rings. The summed E-state index contributed by atoms with van der Waals surface area (Å²) in [6.07, 6.45) is -0.720. The highest BCUT2D eigenvalue weighted by Gasteiger charge is 2.38. The summed E-state index contributed by atoms with van der Waals surface area (Å²) in [7, 11) is -4.52. The molecule has 0 fully saturated rings. The summed E-state index contributed by atoms with van der Waals surface area (Å²) in [6.45, 7) is 1.46. The fraction of sp³-hybridized carbons (Fsp3) is 0.750. The zero-order valence-corrected chi connectivity index (χ0v) is 9.63. The maximum atomic E-state index is 11.0. The minimum absolute atomic E-state index is 0.0130. The van der Waals surface area contributed by atoms with E-state index in [2.05, 4.69) is 0 Å². The first-order valence-corrected chi connectivity index (χ1v) is 6.38. The lowest BCUT2D eigenvalue weighted by Gasteiger charge is -2.22. The van der Waals surface area contributed by atoms with Gasteiger partial charge in [0.1, 0.15) is 0 Å².